The molecule has 3 aromatic rings. The summed E-state index contributed by atoms with van der Waals surface area (Å²) in [6.45, 7) is 1.10. The molecule has 0 fully saturated rings. The van der Waals surface area contributed by atoms with Crippen molar-refractivity contribution >= 4 is 27.6 Å². The number of nitrogens with two attached hydrogens (primary N) is 1. The van der Waals surface area contributed by atoms with Gasteiger partial charge in [0.25, 0.3) is 5.91 Å². The second kappa shape index (κ2) is 12.4. The van der Waals surface area contributed by atoms with Crippen LogP contribution in [0.3, 0.4) is 0 Å². The molecule has 4 N–H and O–H groups in total. The smallest absolute Gasteiger partial charge is 0.338 e. The zero-order valence-electron chi connectivity index (χ0n) is 21.9. The number of hydrogen-bond donors (Lipinski definition) is 3. The van der Waals surface area contributed by atoms with Crippen LogP contribution in [0, 0.1) is 5.82 Å². The van der Waals surface area contributed by atoms with Gasteiger partial charge in [-0.3, -0.25) is 9.10 Å². The minimum atomic E-state index is -3.73. The molecule has 0 aliphatic carbocycles. The Kier molecular flexibility index (Phi) is 9.44. The second-order valence-corrected chi connectivity index (χ2v) is 11.4. The van der Waals surface area contributed by atoms with Crippen molar-refractivity contribution in [2.24, 2.45) is 5.73 Å². The van der Waals surface area contributed by atoms with Crippen LogP contribution in [0.2, 0.25) is 0 Å². The summed E-state index contributed by atoms with van der Waals surface area (Å²) in [5.74, 6) is -1.88. The number of esters is 1. The first-order chi connectivity index (χ1) is 18.3. The van der Waals surface area contributed by atoms with E-state index >= 15 is 0 Å². The van der Waals surface area contributed by atoms with Crippen molar-refractivity contribution in [1.29, 1.82) is 0 Å². The fraction of sp³-hybridized carbons (Fsp3) is 0.286. The lowest BCUT2D eigenvalue weighted by Crippen LogP contribution is -2.45. The van der Waals surface area contributed by atoms with Gasteiger partial charge in [0.1, 0.15) is 18.0 Å². The van der Waals surface area contributed by atoms with Gasteiger partial charge < -0.3 is 20.9 Å². The van der Waals surface area contributed by atoms with Gasteiger partial charge in [0.2, 0.25) is 10.0 Å². The van der Waals surface area contributed by atoms with Crippen LogP contribution in [0.15, 0.2) is 72.8 Å². The molecule has 3 aromatic carbocycles. The summed E-state index contributed by atoms with van der Waals surface area (Å²) < 4.78 is 43.9. The van der Waals surface area contributed by atoms with Gasteiger partial charge in [-0.05, 0) is 48.4 Å². The highest BCUT2D eigenvalue weighted by atomic mass is 32.2. The van der Waals surface area contributed by atoms with Gasteiger partial charge in [0, 0.05) is 25.6 Å². The number of benzene rings is 3. The van der Waals surface area contributed by atoms with Gasteiger partial charge in [-0.15, -0.1) is 0 Å². The normalized spacial score (nSPS) is 13.7. The number of halogens is 1. The lowest BCUT2D eigenvalue weighted by molar-refractivity contribution is -0.0261. The number of aliphatic hydroxyl groups is 1. The lowest BCUT2D eigenvalue weighted by Gasteiger charge is -2.26. The van der Waals surface area contributed by atoms with E-state index in [0.717, 1.165) is 16.1 Å². The summed E-state index contributed by atoms with van der Waals surface area (Å²) in [6.07, 6.45) is 1.13. The Labute approximate surface area is 227 Å². The molecule has 0 aromatic heterocycles. The zero-order chi connectivity index (χ0) is 28.8. The number of carbonyl (C=O) groups excluding carboxylic acids is 2. The Morgan fingerprint density at radius 1 is 1.08 bits per heavy atom. The van der Waals surface area contributed by atoms with E-state index in [1.54, 1.807) is 6.92 Å². The Hall–Kier alpha value is -3.80. The third-order valence-corrected chi connectivity index (χ3v) is 7.43. The molecule has 0 radical (unpaired) electrons. The Morgan fingerprint density at radius 2 is 1.69 bits per heavy atom. The van der Waals surface area contributed by atoms with Crippen LogP contribution >= 0.6 is 0 Å². The van der Waals surface area contributed by atoms with Crippen LogP contribution in [0.4, 0.5) is 10.1 Å². The topological polar surface area (TPSA) is 139 Å². The van der Waals surface area contributed by atoms with E-state index in [9.17, 15) is 27.5 Å². The van der Waals surface area contributed by atoms with E-state index in [4.69, 9.17) is 10.5 Å². The van der Waals surface area contributed by atoms with Gasteiger partial charge in [-0.2, -0.15) is 0 Å². The highest BCUT2D eigenvalue weighted by Gasteiger charge is 2.29. The first-order valence-electron chi connectivity index (χ1n) is 12.1. The molecular formula is C28H32FN3O6S. The molecule has 0 saturated carbocycles. The molecule has 1 amide bonds. The number of hydrogen-bond acceptors (Lipinski definition) is 7. The summed E-state index contributed by atoms with van der Waals surface area (Å²) in [6, 6.07) is 18.1. The third-order valence-electron chi connectivity index (χ3n) is 6.22. The minimum absolute atomic E-state index is 0.00211. The number of nitrogens with one attached hydrogen (secondary N) is 1. The molecule has 9 nitrogen and oxygen atoms in total. The molecule has 3 rings (SSSR count). The molecular weight excluding hydrogens is 525 g/mol. The summed E-state index contributed by atoms with van der Waals surface area (Å²) >= 11 is 0. The molecule has 0 aliphatic heterocycles. The van der Waals surface area contributed by atoms with Gasteiger partial charge in [-0.25, -0.2) is 17.6 Å². The fourth-order valence-corrected chi connectivity index (χ4v) is 4.28. The maximum Gasteiger partial charge on any atom is 0.338 e. The van der Waals surface area contributed by atoms with Gasteiger partial charge >= 0.3 is 5.97 Å². The van der Waals surface area contributed by atoms with Gasteiger partial charge in [0.05, 0.1) is 23.5 Å². The number of carbonyl (C=O) groups is 2. The van der Waals surface area contributed by atoms with E-state index in [-0.39, 0.29) is 29.8 Å². The monoisotopic (exact) mass is 557 g/mol. The highest BCUT2D eigenvalue weighted by Crippen LogP contribution is 2.23. The fourth-order valence-electron chi connectivity index (χ4n) is 3.79. The quantitative estimate of drug-likeness (QED) is 0.308. The van der Waals surface area contributed by atoms with E-state index in [2.05, 4.69) is 5.32 Å². The maximum absolute atomic E-state index is 13.3. The van der Waals surface area contributed by atoms with Gasteiger partial charge in [-0.1, -0.05) is 42.5 Å². The Bertz CT molecular complexity index is 1420. The van der Waals surface area contributed by atoms with Crippen LogP contribution < -0.4 is 15.4 Å². The van der Waals surface area contributed by atoms with Crippen LogP contribution in [-0.4, -0.2) is 57.5 Å². The summed E-state index contributed by atoms with van der Waals surface area (Å²) in [7, 11) is -2.44. The number of nitrogens with zero attached hydrogens (tertiary/aromatic N) is 1. The van der Waals surface area contributed by atoms with Crippen LogP contribution in [-0.2, 0) is 21.2 Å². The summed E-state index contributed by atoms with van der Waals surface area (Å²) in [5, 5.41) is 13.7. The number of sulfonamides is 1. The first-order valence-corrected chi connectivity index (χ1v) is 13.9. The van der Waals surface area contributed by atoms with Crippen LogP contribution in [0.25, 0.3) is 0 Å². The number of ether oxygens (including phenoxy) is 1. The third kappa shape index (κ3) is 8.09. The van der Waals surface area contributed by atoms with Crippen molar-refractivity contribution in [1.82, 2.24) is 5.32 Å². The molecule has 0 bridgehead atoms. The van der Waals surface area contributed by atoms with Crippen molar-refractivity contribution in [2.75, 3.05) is 30.8 Å². The van der Waals surface area contributed by atoms with E-state index in [1.165, 1.54) is 49.5 Å². The van der Waals surface area contributed by atoms with Crippen LogP contribution in [0.5, 0.6) is 0 Å². The summed E-state index contributed by atoms with van der Waals surface area (Å²) in [5.41, 5.74) is 5.64. The van der Waals surface area contributed by atoms with E-state index < -0.39 is 46.0 Å². The van der Waals surface area contributed by atoms with Crippen molar-refractivity contribution in [3.05, 3.63) is 101 Å². The average Bonchev–Trinajstić information content (AvgIpc) is 2.91. The molecule has 11 heteroatoms. The zero-order valence-corrected chi connectivity index (χ0v) is 22.7. The molecule has 0 saturated heterocycles. The van der Waals surface area contributed by atoms with Crippen molar-refractivity contribution in [3.63, 3.8) is 0 Å². The van der Waals surface area contributed by atoms with Crippen molar-refractivity contribution in [2.45, 2.75) is 25.0 Å². The SMILES string of the molecule is C[C@@H](NC(=O)c1cc(C(=O)OCC(O)(CN)Cc2ccccc2)cc(N(C)S(C)(=O)=O)c1)c1ccc(F)cc1. The largest absolute Gasteiger partial charge is 0.459 e. The molecule has 0 aliphatic rings. The van der Waals surface area contributed by atoms with E-state index in [1.807, 2.05) is 30.3 Å². The van der Waals surface area contributed by atoms with Crippen LogP contribution in [0.1, 0.15) is 44.8 Å². The summed E-state index contributed by atoms with van der Waals surface area (Å²) in [4.78, 5) is 26.1. The molecule has 2 atom stereocenters. The second-order valence-electron chi connectivity index (χ2n) is 9.41. The minimum Gasteiger partial charge on any atom is -0.459 e. The molecule has 0 spiro atoms. The lowest BCUT2D eigenvalue weighted by atomic mass is 9.95. The first kappa shape index (κ1) is 29.8. The van der Waals surface area contributed by atoms with Crippen molar-refractivity contribution in [3.8, 4) is 0 Å². The number of anilines is 1. The predicted molar refractivity (Wildman–Crippen MR) is 146 cm³/mol. The van der Waals surface area contributed by atoms with Crippen molar-refractivity contribution < 1.29 is 32.2 Å². The highest BCUT2D eigenvalue weighted by molar-refractivity contribution is 7.92. The maximum atomic E-state index is 13.3. The predicted octanol–water partition coefficient (Wildman–Crippen LogP) is 2.80. The molecule has 39 heavy (non-hydrogen) atoms. The Morgan fingerprint density at radius 3 is 2.28 bits per heavy atom. The Balaban J connectivity index is 1.85. The number of rotatable bonds is 11. The van der Waals surface area contributed by atoms with Gasteiger partial charge in [0.15, 0.2) is 0 Å². The average molecular weight is 558 g/mol. The van der Waals surface area contributed by atoms with E-state index in [0.29, 0.717) is 5.56 Å². The number of amides is 1. The molecule has 1 unspecified atom stereocenters. The standard InChI is InChI=1S/C28H32FN3O6S/c1-19(21-9-11-24(29)12-10-21)31-26(33)22-13-23(15-25(14-22)32(2)39(3,36)37)27(34)38-18-28(35,17-30)16-20-7-5-4-6-8-20/h4-15,19,35H,16-18,30H2,1-3H3,(H,31,33)/t19-,28?/m1/s1. The molecule has 0 heterocycles. The molecule has 208 valence electrons.